The van der Waals surface area contributed by atoms with Crippen LogP contribution >= 0.6 is 11.6 Å². The van der Waals surface area contributed by atoms with E-state index in [1.807, 2.05) is 4.68 Å². The number of nitrogens with zero attached hydrogens (tertiary/aromatic N) is 3. The molecule has 1 atom stereocenters. The molecule has 0 aliphatic carbocycles. The van der Waals surface area contributed by atoms with E-state index < -0.39 is 0 Å². The highest BCUT2D eigenvalue weighted by molar-refractivity contribution is 6.18. The summed E-state index contributed by atoms with van der Waals surface area (Å²) in [5.74, 6) is 1.65. The third-order valence-electron chi connectivity index (χ3n) is 3.00. The smallest absolute Gasteiger partial charge is 0.138 e. The van der Waals surface area contributed by atoms with Crippen LogP contribution in [0.25, 0.3) is 0 Å². The Morgan fingerprint density at radius 3 is 3.13 bits per heavy atom. The maximum atomic E-state index is 6.04. The van der Waals surface area contributed by atoms with Crippen molar-refractivity contribution >= 4 is 11.6 Å². The fourth-order valence-electron chi connectivity index (χ4n) is 1.97. The zero-order valence-corrected chi connectivity index (χ0v) is 9.70. The van der Waals surface area contributed by atoms with Gasteiger partial charge in [0, 0.05) is 30.9 Å². The second-order valence-corrected chi connectivity index (χ2v) is 4.37. The van der Waals surface area contributed by atoms with Crippen molar-refractivity contribution in [2.45, 2.75) is 26.3 Å². The van der Waals surface area contributed by atoms with Gasteiger partial charge in [0.05, 0.1) is 6.61 Å². The van der Waals surface area contributed by atoms with Crippen molar-refractivity contribution in [3.63, 3.8) is 0 Å². The maximum absolute atomic E-state index is 6.04. The lowest BCUT2D eigenvalue weighted by molar-refractivity contribution is 0.159. The van der Waals surface area contributed by atoms with Gasteiger partial charge in [-0.25, -0.2) is 4.98 Å². The molecule has 0 saturated carbocycles. The molecule has 5 heteroatoms. The number of alkyl halides is 1. The summed E-state index contributed by atoms with van der Waals surface area (Å²) in [6, 6.07) is 0. The van der Waals surface area contributed by atoms with Crippen LogP contribution in [0.5, 0.6) is 0 Å². The standard InChI is InChI=1S/C10H16ClN3O/c1-2-14-9(12-8-13-14)5-10(6-11)3-4-15-7-10/h8H,2-7H2,1H3. The van der Waals surface area contributed by atoms with Crippen molar-refractivity contribution in [1.29, 1.82) is 0 Å². The number of aromatic nitrogens is 3. The lowest BCUT2D eigenvalue weighted by atomic mass is 9.85. The van der Waals surface area contributed by atoms with Crippen LogP contribution in [0, 0.1) is 5.41 Å². The molecular weight excluding hydrogens is 214 g/mol. The summed E-state index contributed by atoms with van der Waals surface area (Å²) in [5.41, 5.74) is 0.0709. The highest BCUT2D eigenvalue weighted by Crippen LogP contribution is 2.33. The fourth-order valence-corrected chi connectivity index (χ4v) is 2.27. The molecule has 1 fully saturated rings. The molecule has 0 bridgehead atoms. The molecule has 1 unspecified atom stereocenters. The summed E-state index contributed by atoms with van der Waals surface area (Å²) in [4.78, 5) is 4.28. The van der Waals surface area contributed by atoms with Crippen molar-refractivity contribution in [3.8, 4) is 0 Å². The highest BCUT2D eigenvalue weighted by Gasteiger charge is 2.35. The first-order valence-electron chi connectivity index (χ1n) is 5.30. The van der Waals surface area contributed by atoms with E-state index in [1.54, 1.807) is 6.33 Å². The average molecular weight is 230 g/mol. The van der Waals surface area contributed by atoms with Crippen LogP contribution in [0.3, 0.4) is 0 Å². The predicted octanol–water partition coefficient (Wildman–Crippen LogP) is 1.49. The number of hydrogen-bond acceptors (Lipinski definition) is 3. The summed E-state index contributed by atoms with van der Waals surface area (Å²) in [6.07, 6.45) is 3.49. The van der Waals surface area contributed by atoms with Gasteiger partial charge in [-0.05, 0) is 13.3 Å². The first-order chi connectivity index (χ1) is 7.29. The topological polar surface area (TPSA) is 39.9 Å². The zero-order chi connectivity index (χ0) is 10.7. The van der Waals surface area contributed by atoms with Gasteiger partial charge in [0.15, 0.2) is 0 Å². The Labute approximate surface area is 94.6 Å². The van der Waals surface area contributed by atoms with Gasteiger partial charge in [-0.1, -0.05) is 0 Å². The molecule has 1 aromatic rings. The van der Waals surface area contributed by atoms with Crippen molar-refractivity contribution in [2.75, 3.05) is 19.1 Å². The minimum absolute atomic E-state index is 0.0709. The minimum Gasteiger partial charge on any atom is -0.381 e. The van der Waals surface area contributed by atoms with Crippen molar-refractivity contribution in [1.82, 2.24) is 14.8 Å². The number of hydrogen-bond donors (Lipinski definition) is 0. The Bertz CT molecular complexity index is 320. The van der Waals surface area contributed by atoms with Crippen LogP contribution in [0.15, 0.2) is 6.33 Å². The SMILES string of the molecule is CCn1ncnc1CC1(CCl)CCOC1. The summed E-state index contributed by atoms with van der Waals surface area (Å²) in [5, 5.41) is 4.16. The van der Waals surface area contributed by atoms with Gasteiger partial charge in [-0.2, -0.15) is 5.10 Å². The van der Waals surface area contributed by atoms with Crippen molar-refractivity contribution in [3.05, 3.63) is 12.2 Å². The molecule has 1 aromatic heterocycles. The molecule has 84 valence electrons. The molecule has 4 nitrogen and oxygen atoms in total. The van der Waals surface area contributed by atoms with E-state index in [1.165, 1.54) is 0 Å². The van der Waals surface area contributed by atoms with E-state index in [9.17, 15) is 0 Å². The first-order valence-corrected chi connectivity index (χ1v) is 5.83. The normalized spacial score (nSPS) is 26.0. The van der Waals surface area contributed by atoms with Crippen LogP contribution in [-0.4, -0.2) is 33.9 Å². The molecule has 0 aromatic carbocycles. The van der Waals surface area contributed by atoms with Gasteiger partial charge >= 0.3 is 0 Å². The number of ether oxygens (including phenoxy) is 1. The van der Waals surface area contributed by atoms with Crippen LogP contribution in [0.4, 0.5) is 0 Å². The Kier molecular flexibility index (Phi) is 3.26. The summed E-state index contributed by atoms with van der Waals surface area (Å²) in [7, 11) is 0. The first kappa shape index (κ1) is 10.9. The quantitative estimate of drug-likeness (QED) is 0.735. The lowest BCUT2D eigenvalue weighted by Crippen LogP contribution is -2.28. The average Bonchev–Trinajstić information content (AvgIpc) is 2.88. The van der Waals surface area contributed by atoms with E-state index in [2.05, 4.69) is 17.0 Å². The molecule has 0 radical (unpaired) electrons. The van der Waals surface area contributed by atoms with Gasteiger partial charge in [-0.3, -0.25) is 4.68 Å². The number of halogens is 1. The van der Waals surface area contributed by atoms with Gasteiger partial charge in [0.1, 0.15) is 12.2 Å². The van der Waals surface area contributed by atoms with Crippen LogP contribution < -0.4 is 0 Å². The van der Waals surface area contributed by atoms with E-state index in [-0.39, 0.29) is 5.41 Å². The van der Waals surface area contributed by atoms with Gasteiger partial charge in [0.2, 0.25) is 0 Å². The predicted molar refractivity (Wildman–Crippen MR) is 58.0 cm³/mol. The lowest BCUT2D eigenvalue weighted by Gasteiger charge is -2.23. The van der Waals surface area contributed by atoms with Gasteiger partial charge in [-0.15, -0.1) is 11.6 Å². The number of rotatable bonds is 4. The molecule has 1 aliphatic heterocycles. The Morgan fingerprint density at radius 1 is 1.67 bits per heavy atom. The summed E-state index contributed by atoms with van der Waals surface area (Å²) >= 11 is 6.04. The zero-order valence-electron chi connectivity index (χ0n) is 8.95. The fraction of sp³-hybridized carbons (Fsp3) is 0.800. The summed E-state index contributed by atoms with van der Waals surface area (Å²) in [6.45, 7) is 4.48. The minimum atomic E-state index is 0.0709. The molecule has 1 aliphatic rings. The van der Waals surface area contributed by atoms with Crippen molar-refractivity contribution in [2.24, 2.45) is 5.41 Å². The molecule has 0 amide bonds. The van der Waals surface area contributed by atoms with Crippen molar-refractivity contribution < 1.29 is 4.74 Å². The van der Waals surface area contributed by atoms with E-state index in [0.29, 0.717) is 5.88 Å². The molecule has 0 N–H and O–H groups in total. The van der Waals surface area contributed by atoms with Crippen LogP contribution in [0.2, 0.25) is 0 Å². The van der Waals surface area contributed by atoms with E-state index >= 15 is 0 Å². The highest BCUT2D eigenvalue weighted by atomic mass is 35.5. The van der Waals surface area contributed by atoms with Gasteiger partial charge < -0.3 is 4.74 Å². The van der Waals surface area contributed by atoms with Gasteiger partial charge in [0.25, 0.3) is 0 Å². The maximum Gasteiger partial charge on any atom is 0.138 e. The second kappa shape index (κ2) is 4.49. The molecule has 1 saturated heterocycles. The third kappa shape index (κ3) is 2.16. The third-order valence-corrected chi connectivity index (χ3v) is 3.56. The Balaban J connectivity index is 2.12. The Morgan fingerprint density at radius 2 is 2.53 bits per heavy atom. The summed E-state index contributed by atoms with van der Waals surface area (Å²) < 4.78 is 7.35. The van der Waals surface area contributed by atoms with Crippen LogP contribution in [0.1, 0.15) is 19.2 Å². The Hall–Kier alpha value is -0.610. The largest absolute Gasteiger partial charge is 0.381 e. The van der Waals surface area contributed by atoms with E-state index in [0.717, 1.165) is 38.4 Å². The number of aryl methyl sites for hydroxylation is 1. The molecule has 2 heterocycles. The molecular formula is C10H16ClN3O. The molecule has 15 heavy (non-hydrogen) atoms. The molecule has 2 rings (SSSR count). The van der Waals surface area contributed by atoms with E-state index in [4.69, 9.17) is 16.3 Å². The van der Waals surface area contributed by atoms with Crippen LogP contribution in [-0.2, 0) is 17.7 Å². The molecule has 0 spiro atoms. The monoisotopic (exact) mass is 229 g/mol. The second-order valence-electron chi connectivity index (χ2n) is 4.11.